The molecule has 0 unspecified atom stereocenters. The van der Waals surface area contributed by atoms with E-state index in [0.29, 0.717) is 16.1 Å². The molecule has 0 spiro atoms. The van der Waals surface area contributed by atoms with Gasteiger partial charge in [0.05, 0.1) is 5.69 Å². The molecule has 1 N–H and O–H groups in total. The van der Waals surface area contributed by atoms with Gasteiger partial charge in [-0.2, -0.15) is 0 Å². The summed E-state index contributed by atoms with van der Waals surface area (Å²) >= 11 is 0. The van der Waals surface area contributed by atoms with Crippen molar-refractivity contribution in [3.05, 3.63) is 59.7 Å². The van der Waals surface area contributed by atoms with Crippen molar-refractivity contribution in [3.63, 3.8) is 0 Å². The first-order chi connectivity index (χ1) is 10.8. The summed E-state index contributed by atoms with van der Waals surface area (Å²) in [6, 6.07) is 14.4. The molecule has 0 bridgehead atoms. The van der Waals surface area contributed by atoms with E-state index in [-0.39, 0.29) is 5.78 Å². The molecule has 0 saturated heterocycles. The van der Waals surface area contributed by atoms with Crippen LogP contribution in [0.2, 0.25) is 0 Å². The molecule has 2 aromatic rings. The molecule has 0 aliphatic carbocycles. The highest BCUT2D eigenvalue weighted by molar-refractivity contribution is 7.74. The van der Waals surface area contributed by atoms with Crippen LogP contribution in [-0.2, 0) is 14.8 Å². The highest BCUT2D eigenvalue weighted by Gasteiger charge is 2.22. The second kappa shape index (κ2) is 6.96. The first-order valence-corrected chi connectivity index (χ1v) is 8.48. The minimum atomic E-state index is -1.47. The van der Waals surface area contributed by atoms with Crippen molar-refractivity contribution in [3.8, 4) is 0 Å². The highest BCUT2D eigenvalue weighted by atomic mass is 32.2. The van der Waals surface area contributed by atoms with Crippen molar-refractivity contribution in [2.24, 2.45) is 9.89 Å². The van der Waals surface area contributed by atoms with Gasteiger partial charge in [0.25, 0.3) is 0 Å². The number of hydrogen-bond acceptors (Lipinski definition) is 4. The third-order valence-corrected chi connectivity index (χ3v) is 4.24. The molecule has 0 fully saturated rings. The van der Waals surface area contributed by atoms with Gasteiger partial charge in [0, 0.05) is 11.0 Å². The summed E-state index contributed by atoms with van der Waals surface area (Å²) in [5, 5.41) is 0. The predicted octanol–water partition coefficient (Wildman–Crippen LogP) is 4.76. The van der Waals surface area contributed by atoms with Crippen LogP contribution in [0.3, 0.4) is 0 Å². The number of rotatable bonds is 4. The average molecular weight is 329 g/mol. The summed E-state index contributed by atoms with van der Waals surface area (Å²) in [6.07, 6.45) is 0. The maximum absolute atomic E-state index is 12.2. The van der Waals surface area contributed by atoms with Gasteiger partial charge in [-0.05, 0) is 31.2 Å². The number of benzene rings is 2. The second-order valence-electron chi connectivity index (χ2n) is 6.42. The second-order valence-corrected chi connectivity index (χ2v) is 7.57. The van der Waals surface area contributed by atoms with Gasteiger partial charge in [0.15, 0.2) is 5.78 Å². The Morgan fingerprint density at radius 2 is 1.57 bits per heavy atom. The summed E-state index contributed by atoms with van der Waals surface area (Å²) in [5.74, 6) is 0.0872. The van der Waals surface area contributed by atoms with Crippen molar-refractivity contribution in [2.75, 3.05) is 5.43 Å². The third-order valence-electron chi connectivity index (χ3n) is 3.31. The van der Waals surface area contributed by atoms with Crippen molar-refractivity contribution in [1.29, 1.82) is 0 Å². The first kappa shape index (κ1) is 17.2. The van der Waals surface area contributed by atoms with Crippen LogP contribution < -0.4 is 5.43 Å². The fourth-order valence-corrected chi connectivity index (χ4v) is 2.59. The van der Waals surface area contributed by atoms with E-state index in [1.54, 1.807) is 36.4 Å². The zero-order chi connectivity index (χ0) is 17.0. The predicted molar refractivity (Wildman–Crippen MR) is 93.8 cm³/mol. The molecule has 0 atom stereocenters. The Labute approximate surface area is 139 Å². The molecular weight excluding hydrogens is 308 g/mol. The lowest BCUT2D eigenvalue weighted by molar-refractivity contribution is 0.0858. The van der Waals surface area contributed by atoms with E-state index >= 15 is 0 Å². The first-order valence-electron chi connectivity index (χ1n) is 7.37. The van der Waals surface area contributed by atoms with Crippen LogP contribution in [0.5, 0.6) is 0 Å². The van der Waals surface area contributed by atoms with E-state index < -0.39 is 16.0 Å². The van der Waals surface area contributed by atoms with E-state index in [0.717, 1.165) is 5.56 Å². The zero-order valence-electron chi connectivity index (χ0n) is 13.8. The largest absolute Gasteiger partial charge is 0.438 e. The molecule has 0 radical (unpaired) electrons. The Bertz CT molecular complexity index is 766. The molecule has 23 heavy (non-hydrogen) atoms. The molecule has 0 aliphatic rings. The van der Waals surface area contributed by atoms with Gasteiger partial charge in [-0.15, -0.1) is 10.6 Å². The van der Waals surface area contributed by atoms with Crippen molar-refractivity contribution in [1.82, 2.24) is 0 Å². The van der Waals surface area contributed by atoms with Crippen LogP contribution in [0.15, 0.2) is 57.9 Å². The number of anilines is 1. The summed E-state index contributed by atoms with van der Waals surface area (Å²) in [4.78, 5) is 12.8. The topological polar surface area (TPSA) is 58.5 Å². The average Bonchev–Trinajstić information content (AvgIpc) is 2.52. The number of hydrogen-bond donors (Lipinski definition) is 1. The monoisotopic (exact) mass is 329 g/mol. The normalized spacial score (nSPS) is 12.9. The third kappa shape index (κ3) is 4.66. The van der Waals surface area contributed by atoms with Crippen LogP contribution in [0, 0.1) is 12.3 Å². The van der Waals surface area contributed by atoms with E-state index in [1.807, 2.05) is 39.8 Å². The van der Waals surface area contributed by atoms with Crippen LogP contribution in [-0.4, -0.2) is 5.78 Å². The molecule has 0 saturated carbocycles. The number of carbonyl (C=O) groups is 1. The number of nitrogens with one attached hydrogen (secondary N) is 1. The van der Waals surface area contributed by atoms with Gasteiger partial charge in [-0.25, -0.2) is 0 Å². The van der Waals surface area contributed by atoms with Crippen LogP contribution >= 0.6 is 0 Å². The molecule has 4 nitrogen and oxygen atoms in total. The molecular formula is C18H21N2O2S-. The summed E-state index contributed by atoms with van der Waals surface area (Å²) < 4.78 is 16.0. The maximum atomic E-state index is 12.2. The van der Waals surface area contributed by atoms with E-state index in [1.165, 1.54) is 0 Å². The fourth-order valence-electron chi connectivity index (χ4n) is 1.93. The molecule has 2 aromatic carbocycles. The minimum absolute atomic E-state index is 0.0872. The molecule has 0 aromatic heterocycles. The molecule has 0 amide bonds. The molecule has 2 rings (SSSR count). The Kier molecular flexibility index (Phi) is 5.21. The maximum Gasteiger partial charge on any atom is 0.168 e. The standard InChI is InChI=1S/C18H21N2O2S/c1-13-5-11-16(12-6-13)23(22)20-19-15-9-7-14(8-10-15)17(21)18(2,3)4/h5-12,19H,1-4H3/q-1. The molecule has 0 aliphatic heterocycles. The summed E-state index contributed by atoms with van der Waals surface area (Å²) in [6.45, 7) is 7.65. The van der Waals surface area contributed by atoms with Gasteiger partial charge in [-0.1, -0.05) is 55.5 Å². The quantitative estimate of drug-likeness (QED) is 0.500. The number of nitrogens with zero attached hydrogens (tertiary/aromatic N) is 1. The van der Waals surface area contributed by atoms with Crippen molar-refractivity contribution in [2.45, 2.75) is 32.6 Å². The molecule has 0 heterocycles. The lowest BCUT2D eigenvalue weighted by atomic mass is 9.86. The van der Waals surface area contributed by atoms with Gasteiger partial charge in [0.2, 0.25) is 0 Å². The zero-order valence-corrected chi connectivity index (χ0v) is 14.6. The van der Waals surface area contributed by atoms with Crippen LogP contribution in [0.25, 0.3) is 0 Å². The lowest BCUT2D eigenvalue weighted by Gasteiger charge is -2.16. The summed E-state index contributed by atoms with van der Waals surface area (Å²) in [7, 11) is -1.47. The van der Waals surface area contributed by atoms with Gasteiger partial charge in [0.1, 0.15) is 0 Å². The Balaban J connectivity index is 2.09. The van der Waals surface area contributed by atoms with E-state index in [9.17, 15) is 9.00 Å². The summed E-state index contributed by atoms with van der Waals surface area (Å²) in [5.41, 5.74) is 4.82. The highest BCUT2D eigenvalue weighted by Crippen LogP contribution is 2.21. The number of aryl methyl sites for hydroxylation is 1. The molecule has 5 heteroatoms. The SMILES string of the molecule is Cc1ccc([S-](=O)=NNc2ccc(C(=O)C(C)(C)C)cc2)cc1. The van der Waals surface area contributed by atoms with Gasteiger partial charge >= 0.3 is 0 Å². The van der Waals surface area contributed by atoms with Crippen LogP contribution in [0.1, 0.15) is 36.7 Å². The van der Waals surface area contributed by atoms with Crippen molar-refractivity contribution >= 4 is 22.1 Å². The van der Waals surface area contributed by atoms with E-state index in [2.05, 4.69) is 9.90 Å². The number of Topliss-reactive ketones (excluding diaryl/α,β-unsaturated/α-hetero) is 1. The Hall–Kier alpha value is -2.14. The molecule has 122 valence electrons. The van der Waals surface area contributed by atoms with E-state index in [4.69, 9.17) is 0 Å². The Morgan fingerprint density at radius 3 is 2.09 bits per heavy atom. The lowest BCUT2D eigenvalue weighted by Crippen LogP contribution is -2.19. The minimum Gasteiger partial charge on any atom is -0.438 e. The fraction of sp³-hybridized carbons (Fsp3) is 0.278. The van der Waals surface area contributed by atoms with Gasteiger partial charge in [-0.3, -0.25) is 9.27 Å². The Morgan fingerprint density at radius 1 is 1.00 bits per heavy atom. The number of carbonyl (C=O) groups excluding carboxylic acids is 1. The smallest absolute Gasteiger partial charge is 0.168 e. The van der Waals surface area contributed by atoms with Crippen molar-refractivity contribution < 1.29 is 9.00 Å². The van der Waals surface area contributed by atoms with Gasteiger partial charge < -0.3 is 9.63 Å². The van der Waals surface area contributed by atoms with Crippen LogP contribution in [0.4, 0.5) is 5.69 Å². The number of ketones is 1.